The zero-order valence-electron chi connectivity index (χ0n) is 10.4. The number of rotatable bonds is 4. The third kappa shape index (κ3) is 3.30. The third-order valence-corrected chi connectivity index (χ3v) is 4.30. The molecule has 2 rings (SSSR count). The Morgan fingerprint density at radius 1 is 1.29 bits per heavy atom. The lowest BCUT2D eigenvalue weighted by Crippen LogP contribution is -2.30. The molecule has 0 unspecified atom stereocenters. The molecule has 0 N–H and O–H groups in total. The second-order valence-electron chi connectivity index (χ2n) is 5.45. The zero-order chi connectivity index (χ0) is 12.1. The number of cyclic esters (lactones) is 1. The molecule has 3 heteroatoms. The molecular formula is C14H22O3. The Hall–Kier alpha value is -0.860. The highest BCUT2D eigenvalue weighted by Gasteiger charge is 2.37. The molecule has 0 bridgehead atoms. The van der Waals surface area contributed by atoms with Gasteiger partial charge in [0.15, 0.2) is 0 Å². The summed E-state index contributed by atoms with van der Waals surface area (Å²) >= 11 is 0. The number of ether oxygens (including phenoxy) is 1. The number of esters is 1. The number of carbonyl (C=O) groups is 2. The number of hydrogen-bond acceptors (Lipinski definition) is 3. The summed E-state index contributed by atoms with van der Waals surface area (Å²) in [5.41, 5.74) is 0. The first-order chi connectivity index (χ1) is 8.31. The van der Waals surface area contributed by atoms with Crippen molar-refractivity contribution in [2.45, 2.75) is 51.4 Å². The molecule has 3 atom stereocenters. The number of fused-ring (bicyclic) bond motifs is 1. The van der Waals surface area contributed by atoms with Crippen LogP contribution < -0.4 is 0 Å². The normalized spacial score (nSPS) is 33.4. The van der Waals surface area contributed by atoms with Gasteiger partial charge in [-0.1, -0.05) is 12.8 Å². The van der Waals surface area contributed by atoms with E-state index in [2.05, 4.69) is 0 Å². The van der Waals surface area contributed by atoms with Crippen LogP contribution in [0.1, 0.15) is 51.4 Å². The van der Waals surface area contributed by atoms with Gasteiger partial charge in [0.1, 0.15) is 6.29 Å². The Balaban J connectivity index is 1.86. The van der Waals surface area contributed by atoms with Crippen LogP contribution in [-0.4, -0.2) is 18.9 Å². The van der Waals surface area contributed by atoms with Gasteiger partial charge in [-0.3, -0.25) is 4.79 Å². The Labute approximate surface area is 103 Å². The Morgan fingerprint density at radius 3 is 3.00 bits per heavy atom. The maximum Gasteiger partial charge on any atom is 0.309 e. The van der Waals surface area contributed by atoms with Crippen molar-refractivity contribution in [3.8, 4) is 0 Å². The molecule has 1 aliphatic carbocycles. The number of unbranched alkanes of at least 4 members (excludes halogenated alkanes) is 1. The van der Waals surface area contributed by atoms with Crippen molar-refractivity contribution in [3.05, 3.63) is 0 Å². The minimum atomic E-state index is 0.0348. The van der Waals surface area contributed by atoms with E-state index >= 15 is 0 Å². The van der Waals surface area contributed by atoms with E-state index in [4.69, 9.17) is 4.74 Å². The van der Waals surface area contributed by atoms with Gasteiger partial charge in [0, 0.05) is 6.42 Å². The molecule has 3 nitrogen and oxygen atoms in total. The van der Waals surface area contributed by atoms with E-state index < -0.39 is 0 Å². The number of carbonyl (C=O) groups excluding carboxylic acids is 2. The van der Waals surface area contributed by atoms with E-state index in [1.54, 1.807) is 0 Å². The van der Waals surface area contributed by atoms with Gasteiger partial charge in [-0.25, -0.2) is 0 Å². The second kappa shape index (κ2) is 6.18. The largest absolute Gasteiger partial charge is 0.465 e. The summed E-state index contributed by atoms with van der Waals surface area (Å²) in [6, 6.07) is 0. The molecule has 0 aromatic rings. The van der Waals surface area contributed by atoms with E-state index in [1.165, 1.54) is 12.8 Å². The molecule has 0 amide bonds. The molecule has 2 fully saturated rings. The van der Waals surface area contributed by atoms with Gasteiger partial charge in [0.05, 0.1) is 12.5 Å². The molecule has 1 heterocycles. The minimum absolute atomic E-state index is 0.0348. The van der Waals surface area contributed by atoms with E-state index in [9.17, 15) is 9.59 Å². The summed E-state index contributed by atoms with van der Waals surface area (Å²) in [6.45, 7) is 0.613. The molecule has 0 aromatic carbocycles. The van der Waals surface area contributed by atoms with E-state index in [1.807, 2.05) is 0 Å². The smallest absolute Gasteiger partial charge is 0.309 e. The van der Waals surface area contributed by atoms with Gasteiger partial charge in [-0.05, 0) is 43.9 Å². The van der Waals surface area contributed by atoms with Gasteiger partial charge < -0.3 is 9.53 Å². The summed E-state index contributed by atoms with van der Waals surface area (Å²) < 4.78 is 5.25. The van der Waals surface area contributed by atoms with Crippen molar-refractivity contribution in [2.24, 2.45) is 17.8 Å². The molecular weight excluding hydrogens is 216 g/mol. The average Bonchev–Trinajstić information content (AvgIpc) is 2.52. The maximum atomic E-state index is 11.8. The third-order valence-electron chi connectivity index (χ3n) is 4.30. The first-order valence-corrected chi connectivity index (χ1v) is 6.91. The predicted octanol–water partition coefficient (Wildman–Crippen LogP) is 2.73. The van der Waals surface area contributed by atoms with Crippen LogP contribution in [0, 0.1) is 17.8 Å². The van der Waals surface area contributed by atoms with Crippen molar-refractivity contribution in [1.82, 2.24) is 0 Å². The van der Waals surface area contributed by atoms with Gasteiger partial charge >= 0.3 is 5.97 Å². The summed E-state index contributed by atoms with van der Waals surface area (Å²) in [6.07, 6.45) is 9.29. The van der Waals surface area contributed by atoms with Gasteiger partial charge in [0.2, 0.25) is 0 Å². The molecule has 17 heavy (non-hydrogen) atoms. The van der Waals surface area contributed by atoms with Crippen molar-refractivity contribution in [1.29, 1.82) is 0 Å². The first kappa shape index (κ1) is 12.6. The first-order valence-electron chi connectivity index (χ1n) is 6.91. The predicted molar refractivity (Wildman–Crippen MR) is 64.4 cm³/mol. The summed E-state index contributed by atoms with van der Waals surface area (Å²) in [7, 11) is 0. The zero-order valence-corrected chi connectivity index (χ0v) is 10.4. The van der Waals surface area contributed by atoms with E-state index in [-0.39, 0.29) is 11.9 Å². The molecule has 0 aromatic heterocycles. The number of aldehydes is 1. The highest BCUT2D eigenvalue weighted by atomic mass is 16.5. The van der Waals surface area contributed by atoms with Crippen LogP contribution in [0.25, 0.3) is 0 Å². The van der Waals surface area contributed by atoms with Crippen molar-refractivity contribution < 1.29 is 14.3 Å². The molecule has 0 radical (unpaired) electrons. The quantitative estimate of drug-likeness (QED) is 0.429. The lowest BCUT2D eigenvalue weighted by Gasteiger charge is -2.33. The maximum absolute atomic E-state index is 11.8. The fourth-order valence-electron chi connectivity index (χ4n) is 3.33. The Morgan fingerprint density at radius 2 is 2.18 bits per heavy atom. The van der Waals surface area contributed by atoms with E-state index in [0.29, 0.717) is 24.9 Å². The van der Waals surface area contributed by atoms with Crippen LogP contribution in [-0.2, 0) is 14.3 Å². The summed E-state index contributed by atoms with van der Waals surface area (Å²) in [4.78, 5) is 22.1. The van der Waals surface area contributed by atoms with Crippen LogP contribution in [0.2, 0.25) is 0 Å². The minimum Gasteiger partial charge on any atom is -0.465 e. The summed E-state index contributed by atoms with van der Waals surface area (Å²) in [5, 5.41) is 0. The second-order valence-corrected chi connectivity index (χ2v) is 5.45. The number of hydrogen-bond donors (Lipinski definition) is 0. The van der Waals surface area contributed by atoms with Gasteiger partial charge in [-0.2, -0.15) is 0 Å². The summed E-state index contributed by atoms with van der Waals surface area (Å²) in [5.74, 6) is 1.37. The molecule has 0 spiro atoms. The van der Waals surface area contributed by atoms with Crippen LogP contribution in [0.3, 0.4) is 0 Å². The molecule has 2 aliphatic rings. The highest BCUT2D eigenvalue weighted by Crippen LogP contribution is 2.40. The fraction of sp³-hybridized carbons (Fsp3) is 0.857. The molecule has 1 aliphatic heterocycles. The average molecular weight is 238 g/mol. The topological polar surface area (TPSA) is 43.4 Å². The van der Waals surface area contributed by atoms with Crippen LogP contribution in [0.5, 0.6) is 0 Å². The molecule has 96 valence electrons. The lowest BCUT2D eigenvalue weighted by atomic mass is 9.71. The van der Waals surface area contributed by atoms with Crippen molar-refractivity contribution >= 4 is 12.3 Å². The SMILES string of the molecule is O=CCCC[C@H]1CC[C@@H]2CCCOC(=O)[C@H]2C1. The van der Waals surface area contributed by atoms with Crippen molar-refractivity contribution in [2.75, 3.05) is 6.61 Å². The van der Waals surface area contributed by atoms with E-state index in [0.717, 1.165) is 38.4 Å². The standard InChI is InChI=1S/C14H22O3/c15-8-2-1-4-11-6-7-12-5-3-9-17-14(16)13(12)10-11/h8,11-13H,1-7,9-10H2/t11-,12-,13-/m0/s1. The lowest BCUT2D eigenvalue weighted by molar-refractivity contribution is -0.150. The van der Waals surface area contributed by atoms with Crippen LogP contribution in [0.4, 0.5) is 0 Å². The Bertz CT molecular complexity index is 275. The van der Waals surface area contributed by atoms with Crippen LogP contribution >= 0.6 is 0 Å². The molecule has 1 saturated carbocycles. The van der Waals surface area contributed by atoms with Gasteiger partial charge in [-0.15, -0.1) is 0 Å². The monoisotopic (exact) mass is 238 g/mol. The highest BCUT2D eigenvalue weighted by molar-refractivity contribution is 5.73. The van der Waals surface area contributed by atoms with Gasteiger partial charge in [0.25, 0.3) is 0 Å². The molecule has 1 saturated heterocycles. The fourth-order valence-corrected chi connectivity index (χ4v) is 3.33. The van der Waals surface area contributed by atoms with Crippen LogP contribution in [0.15, 0.2) is 0 Å². The van der Waals surface area contributed by atoms with Crippen molar-refractivity contribution in [3.63, 3.8) is 0 Å². The Kier molecular flexibility index (Phi) is 4.57.